The van der Waals surface area contributed by atoms with Crippen molar-refractivity contribution in [1.29, 1.82) is 0 Å². The molecule has 0 saturated carbocycles. The topological polar surface area (TPSA) is 38.7 Å². The summed E-state index contributed by atoms with van der Waals surface area (Å²) >= 11 is 2.15. The van der Waals surface area contributed by atoms with Gasteiger partial charge in [0, 0.05) is 0 Å². The highest BCUT2D eigenvalue weighted by Crippen LogP contribution is 2.34. The van der Waals surface area contributed by atoms with Crippen LogP contribution in [0.15, 0.2) is 36.4 Å². The molecule has 0 bridgehead atoms. The number of benzene rings is 2. The van der Waals surface area contributed by atoms with E-state index in [1.54, 1.807) is 18.2 Å². The van der Waals surface area contributed by atoms with Crippen molar-refractivity contribution >= 4 is 22.6 Å². The summed E-state index contributed by atoms with van der Waals surface area (Å²) in [5.74, 6) is 0.977. The van der Waals surface area contributed by atoms with Gasteiger partial charge in [-0.3, -0.25) is 0 Å². The summed E-state index contributed by atoms with van der Waals surface area (Å²) in [5, 5.41) is 9.24. The van der Waals surface area contributed by atoms with Crippen molar-refractivity contribution in [2.24, 2.45) is 0 Å². The molecule has 2 aromatic carbocycles. The average Bonchev–Trinajstić information content (AvgIpc) is 2.48. The van der Waals surface area contributed by atoms with Crippen LogP contribution in [0.3, 0.4) is 0 Å². The largest absolute Gasteiger partial charge is 0.490 e. The lowest BCUT2D eigenvalue weighted by Gasteiger charge is -2.15. The van der Waals surface area contributed by atoms with E-state index in [1.807, 2.05) is 13.0 Å². The molecule has 0 aliphatic carbocycles. The summed E-state index contributed by atoms with van der Waals surface area (Å²) in [5.41, 5.74) is 1.65. The Balaban J connectivity index is 2.19. The molecule has 0 saturated heterocycles. The molecule has 0 aliphatic heterocycles. The second-order valence-corrected chi connectivity index (χ2v) is 5.57. The molecule has 0 radical (unpaired) electrons. The van der Waals surface area contributed by atoms with Crippen LogP contribution < -0.4 is 9.47 Å². The van der Waals surface area contributed by atoms with Gasteiger partial charge >= 0.3 is 0 Å². The second kappa shape index (κ2) is 7.61. The fourth-order valence-corrected chi connectivity index (χ4v) is 2.67. The highest BCUT2D eigenvalue weighted by atomic mass is 127. The SMILES string of the molecule is CCOc1cc(CO)cc(I)c1OCc1ccc(F)cc1. The second-order valence-electron chi connectivity index (χ2n) is 4.41. The molecular formula is C16H16FIO3. The van der Waals surface area contributed by atoms with Gasteiger partial charge in [-0.1, -0.05) is 12.1 Å². The molecule has 0 amide bonds. The summed E-state index contributed by atoms with van der Waals surface area (Å²) in [6.07, 6.45) is 0. The maximum absolute atomic E-state index is 12.9. The third-order valence-corrected chi connectivity index (χ3v) is 3.65. The fourth-order valence-electron chi connectivity index (χ4n) is 1.85. The van der Waals surface area contributed by atoms with Crippen LogP contribution in [-0.2, 0) is 13.2 Å². The van der Waals surface area contributed by atoms with Crippen molar-refractivity contribution in [1.82, 2.24) is 0 Å². The Labute approximate surface area is 136 Å². The zero-order chi connectivity index (χ0) is 15.2. The Morgan fingerprint density at radius 1 is 1.10 bits per heavy atom. The van der Waals surface area contributed by atoms with E-state index in [0.29, 0.717) is 24.7 Å². The standard InChI is InChI=1S/C16H16FIO3/c1-2-20-15-8-12(9-19)7-14(18)16(15)21-10-11-3-5-13(17)6-4-11/h3-8,19H,2,9-10H2,1H3. The summed E-state index contributed by atoms with van der Waals surface area (Å²) < 4.78 is 25.1. The van der Waals surface area contributed by atoms with Crippen LogP contribution in [0.2, 0.25) is 0 Å². The molecule has 3 nitrogen and oxygen atoms in total. The predicted octanol–water partition coefficient (Wildman–Crippen LogP) is 3.90. The van der Waals surface area contributed by atoms with E-state index in [2.05, 4.69) is 22.6 Å². The first-order chi connectivity index (χ1) is 10.1. The summed E-state index contributed by atoms with van der Waals surface area (Å²) in [6, 6.07) is 9.80. The number of aliphatic hydroxyl groups excluding tert-OH is 1. The lowest BCUT2D eigenvalue weighted by Crippen LogP contribution is -2.02. The minimum absolute atomic E-state index is 0.0473. The quantitative estimate of drug-likeness (QED) is 0.746. The molecule has 0 aliphatic rings. The van der Waals surface area contributed by atoms with Gasteiger partial charge in [-0.15, -0.1) is 0 Å². The molecule has 5 heteroatoms. The van der Waals surface area contributed by atoms with Crippen molar-refractivity contribution in [3.8, 4) is 11.5 Å². The first-order valence-corrected chi connectivity index (χ1v) is 7.65. The molecule has 0 heterocycles. The highest BCUT2D eigenvalue weighted by molar-refractivity contribution is 14.1. The zero-order valence-electron chi connectivity index (χ0n) is 11.6. The van der Waals surface area contributed by atoms with Gasteiger partial charge in [0.1, 0.15) is 12.4 Å². The Bertz CT molecular complexity index is 599. The van der Waals surface area contributed by atoms with E-state index >= 15 is 0 Å². The van der Waals surface area contributed by atoms with Gasteiger partial charge in [0.05, 0.1) is 16.8 Å². The molecule has 0 fully saturated rings. The fraction of sp³-hybridized carbons (Fsp3) is 0.250. The van der Waals surface area contributed by atoms with Crippen molar-refractivity contribution in [2.75, 3.05) is 6.61 Å². The van der Waals surface area contributed by atoms with Gasteiger partial charge in [-0.2, -0.15) is 0 Å². The molecule has 0 unspecified atom stereocenters. The first kappa shape index (κ1) is 16.0. The van der Waals surface area contributed by atoms with Crippen molar-refractivity contribution in [2.45, 2.75) is 20.1 Å². The normalized spacial score (nSPS) is 10.5. The van der Waals surface area contributed by atoms with E-state index < -0.39 is 0 Å². The van der Waals surface area contributed by atoms with Gasteiger partial charge in [0.15, 0.2) is 11.5 Å². The average molecular weight is 402 g/mol. The van der Waals surface area contributed by atoms with E-state index in [0.717, 1.165) is 14.7 Å². The zero-order valence-corrected chi connectivity index (χ0v) is 13.8. The number of hydrogen-bond acceptors (Lipinski definition) is 3. The van der Waals surface area contributed by atoms with Crippen molar-refractivity contribution < 1.29 is 19.0 Å². The van der Waals surface area contributed by atoms with Crippen molar-refractivity contribution in [3.05, 3.63) is 56.9 Å². The number of rotatable bonds is 6. The van der Waals surface area contributed by atoms with Gasteiger partial charge in [-0.25, -0.2) is 4.39 Å². The third-order valence-electron chi connectivity index (χ3n) is 2.85. The maximum Gasteiger partial charge on any atom is 0.174 e. The number of halogens is 2. The molecule has 0 aromatic heterocycles. The summed E-state index contributed by atoms with van der Waals surface area (Å²) in [4.78, 5) is 0. The molecule has 2 rings (SSSR count). The van der Waals surface area contributed by atoms with Crippen LogP contribution in [0.1, 0.15) is 18.1 Å². The van der Waals surface area contributed by atoms with Gasteiger partial charge in [0.25, 0.3) is 0 Å². The molecule has 0 spiro atoms. The molecule has 1 N–H and O–H groups in total. The first-order valence-electron chi connectivity index (χ1n) is 6.57. The lowest BCUT2D eigenvalue weighted by atomic mass is 10.2. The van der Waals surface area contributed by atoms with Crippen LogP contribution in [0.5, 0.6) is 11.5 Å². The Kier molecular flexibility index (Phi) is 5.81. The monoisotopic (exact) mass is 402 g/mol. The van der Waals surface area contributed by atoms with E-state index in [-0.39, 0.29) is 12.4 Å². The van der Waals surface area contributed by atoms with Crippen LogP contribution in [0.4, 0.5) is 4.39 Å². The smallest absolute Gasteiger partial charge is 0.174 e. The van der Waals surface area contributed by atoms with Crippen LogP contribution >= 0.6 is 22.6 Å². The molecule has 0 atom stereocenters. The molecule has 112 valence electrons. The number of ether oxygens (including phenoxy) is 2. The maximum atomic E-state index is 12.9. The minimum atomic E-state index is -0.268. The Morgan fingerprint density at radius 3 is 2.43 bits per heavy atom. The highest BCUT2D eigenvalue weighted by Gasteiger charge is 2.12. The van der Waals surface area contributed by atoms with Gasteiger partial charge in [0.2, 0.25) is 0 Å². The van der Waals surface area contributed by atoms with E-state index in [9.17, 15) is 9.50 Å². The van der Waals surface area contributed by atoms with Crippen LogP contribution in [0.25, 0.3) is 0 Å². The van der Waals surface area contributed by atoms with Gasteiger partial charge < -0.3 is 14.6 Å². The van der Waals surface area contributed by atoms with E-state index in [4.69, 9.17) is 9.47 Å². The summed E-state index contributed by atoms with van der Waals surface area (Å²) in [6.45, 7) is 2.68. The van der Waals surface area contributed by atoms with Crippen LogP contribution in [0, 0.1) is 9.39 Å². The summed E-state index contributed by atoms with van der Waals surface area (Å²) in [7, 11) is 0. The predicted molar refractivity (Wildman–Crippen MR) is 87.0 cm³/mol. The molecule has 21 heavy (non-hydrogen) atoms. The van der Waals surface area contributed by atoms with Crippen LogP contribution in [-0.4, -0.2) is 11.7 Å². The Hall–Kier alpha value is -1.34. The van der Waals surface area contributed by atoms with Gasteiger partial charge in [-0.05, 0) is 64.9 Å². The minimum Gasteiger partial charge on any atom is -0.490 e. The third kappa shape index (κ3) is 4.31. The molecule has 2 aromatic rings. The van der Waals surface area contributed by atoms with Crippen molar-refractivity contribution in [3.63, 3.8) is 0 Å². The van der Waals surface area contributed by atoms with E-state index in [1.165, 1.54) is 12.1 Å². The lowest BCUT2D eigenvalue weighted by molar-refractivity contribution is 0.262. The number of hydrogen-bond donors (Lipinski definition) is 1. The Morgan fingerprint density at radius 2 is 1.81 bits per heavy atom. The number of aliphatic hydroxyl groups is 1. The molecular weight excluding hydrogens is 386 g/mol.